The van der Waals surface area contributed by atoms with Gasteiger partial charge < -0.3 is 11.1 Å². The summed E-state index contributed by atoms with van der Waals surface area (Å²) in [5, 5.41) is 2.91. The molecule has 0 aliphatic rings. The van der Waals surface area contributed by atoms with Gasteiger partial charge in [0.05, 0.1) is 0 Å². The Morgan fingerprint density at radius 3 is 2.41 bits per heavy atom. The first-order valence-corrected chi connectivity index (χ1v) is 6.20. The van der Waals surface area contributed by atoms with E-state index in [-0.39, 0.29) is 11.8 Å². The van der Waals surface area contributed by atoms with Crippen LogP contribution in [0.15, 0.2) is 24.3 Å². The van der Waals surface area contributed by atoms with Crippen LogP contribution in [0.1, 0.15) is 31.4 Å². The molecular formula is C14H22N2O. The molecule has 1 unspecified atom stereocenters. The zero-order valence-electron chi connectivity index (χ0n) is 10.7. The molecule has 0 spiro atoms. The van der Waals surface area contributed by atoms with E-state index in [0.29, 0.717) is 19.5 Å². The van der Waals surface area contributed by atoms with E-state index >= 15 is 0 Å². The number of aryl methyl sites for hydroxylation is 1. The van der Waals surface area contributed by atoms with Gasteiger partial charge in [-0.1, -0.05) is 38.1 Å². The Bertz CT molecular complexity index is 346. The second-order valence-corrected chi connectivity index (χ2v) is 4.49. The van der Waals surface area contributed by atoms with Gasteiger partial charge >= 0.3 is 0 Å². The van der Waals surface area contributed by atoms with E-state index in [4.69, 9.17) is 5.73 Å². The molecule has 1 aromatic carbocycles. The number of amides is 1. The predicted molar refractivity (Wildman–Crippen MR) is 70.5 cm³/mol. The highest BCUT2D eigenvalue weighted by atomic mass is 16.1. The molecule has 0 saturated heterocycles. The molecule has 0 bridgehead atoms. The molecular weight excluding hydrogens is 212 g/mol. The first-order valence-electron chi connectivity index (χ1n) is 6.20. The summed E-state index contributed by atoms with van der Waals surface area (Å²) in [6.45, 7) is 5.26. The average Bonchev–Trinajstić information content (AvgIpc) is 2.36. The van der Waals surface area contributed by atoms with Gasteiger partial charge in [0.2, 0.25) is 5.91 Å². The summed E-state index contributed by atoms with van der Waals surface area (Å²) in [6.07, 6.45) is 1.55. The SMILES string of the molecule is CCc1ccc(CNC(=O)CC(C)CN)cc1. The lowest BCUT2D eigenvalue weighted by molar-refractivity contribution is -0.122. The van der Waals surface area contributed by atoms with Crippen molar-refractivity contribution >= 4 is 5.91 Å². The Morgan fingerprint density at radius 1 is 1.29 bits per heavy atom. The van der Waals surface area contributed by atoms with Crippen LogP contribution in [0.5, 0.6) is 0 Å². The third-order valence-corrected chi connectivity index (χ3v) is 2.86. The van der Waals surface area contributed by atoms with Crippen molar-refractivity contribution in [3.8, 4) is 0 Å². The van der Waals surface area contributed by atoms with Gasteiger partial charge in [0.15, 0.2) is 0 Å². The highest BCUT2D eigenvalue weighted by Crippen LogP contribution is 2.05. The largest absolute Gasteiger partial charge is 0.352 e. The Kier molecular flexibility index (Phi) is 5.70. The van der Waals surface area contributed by atoms with Crippen LogP contribution >= 0.6 is 0 Å². The lowest BCUT2D eigenvalue weighted by atomic mass is 10.1. The summed E-state index contributed by atoms with van der Waals surface area (Å²) in [4.78, 5) is 11.5. The highest BCUT2D eigenvalue weighted by Gasteiger charge is 2.06. The summed E-state index contributed by atoms with van der Waals surface area (Å²) >= 11 is 0. The quantitative estimate of drug-likeness (QED) is 0.789. The number of nitrogens with one attached hydrogen (secondary N) is 1. The van der Waals surface area contributed by atoms with Crippen molar-refractivity contribution in [3.05, 3.63) is 35.4 Å². The second kappa shape index (κ2) is 7.07. The molecule has 0 aromatic heterocycles. The van der Waals surface area contributed by atoms with Crippen molar-refractivity contribution in [2.75, 3.05) is 6.54 Å². The molecule has 0 aliphatic heterocycles. The third-order valence-electron chi connectivity index (χ3n) is 2.86. The maximum atomic E-state index is 11.5. The van der Waals surface area contributed by atoms with Crippen molar-refractivity contribution in [1.82, 2.24) is 5.32 Å². The van der Waals surface area contributed by atoms with Gasteiger partial charge in [-0.2, -0.15) is 0 Å². The average molecular weight is 234 g/mol. The molecule has 0 fully saturated rings. The highest BCUT2D eigenvalue weighted by molar-refractivity contribution is 5.76. The fraction of sp³-hybridized carbons (Fsp3) is 0.500. The second-order valence-electron chi connectivity index (χ2n) is 4.49. The molecule has 1 aromatic rings. The van der Waals surface area contributed by atoms with Crippen molar-refractivity contribution in [1.29, 1.82) is 0 Å². The van der Waals surface area contributed by atoms with E-state index in [1.807, 2.05) is 6.92 Å². The van der Waals surface area contributed by atoms with Gasteiger partial charge in [0.1, 0.15) is 0 Å². The van der Waals surface area contributed by atoms with Gasteiger partial charge in [-0.3, -0.25) is 4.79 Å². The summed E-state index contributed by atoms with van der Waals surface area (Å²) in [7, 11) is 0. The summed E-state index contributed by atoms with van der Waals surface area (Å²) < 4.78 is 0. The monoisotopic (exact) mass is 234 g/mol. The number of nitrogens with two attached hydrogens (primary N) is 1. The van der Waals surface area contributed by atoms with Gasteiger partial charge in [0, 0.05) is 13.0 Å². The molecule has 0 aliphatic carbocycles. The fourth-order valence-electron chi connectivity index (χ4n) is 1.57. The summed E-state index contributed by atoms with van der Waals surface area (Å²) in [5.74, 6) is 0.319. The molecule has 0 heterocycles. The van der Waals surface area contributed by atoms with E-state index in [9.17, 15) is 4.79 Å². The van der Waals surface area contributed by atoms with Crippen LogP contribution in [0.25, 0.3) is 0 Å². The van der Waals surface area contributed by atoms with Crippen molar-refractivity contribution < 1.29 is 4.79 Å². The molecule has 0 radical (unpaired) electrons. The van der Waals surface area contributed by atoms with E-state index in [2.05, 4.69) is 36.5 Å². The maximum Gasteiger partial charge on any atom is 0.220 e. The molecule has 1 amide bonds. The van der Waals surface area contributed by atoms with E-state index < -0.39 is 0 Å². The number of carbonyl (C=O) groups excluding carboxylic acids is 1. The third kappa shape index (κ3) is 5.00. The number of benzene rings is 1. The van der Waals surface area contributed by atoms with Crippen LogP contribution in [0.2, 0.25) is 0 Å². The maximum absolute atomic E-state index is 11.5. The molecule has 3 nitrogen and oxygen atoms in total. The van der Waals surface area contributed by atoms with E-state index in [0.717, 1.165) is 12.0 Å². The predicted octanol–water partition coefficient (Wildman–Crippen LogP) is 1.85. The Labute approximate surface area is 103 Å². The summed E-state index contributed by atoms with van der Waals surface area (Å²) in [5.41, 5.74) is 7.93. The Balaban J connectivity index is 2.36. The molecule has 3 N–H and O–H groups in total. The van der Waals surface area contributed by atoms with E-state index in [1.165, 1.54) is 5.56 Å². The van der Waals surface area contributed by atoms with Crippen LogP contribution in [-0.2, 0) is 17.8 Å². The molecule has 1 rings (SSSR count). The van der Waals surface area contributed by atoms with Crippen molar-refractivity contribution in [2.45, 2.75) is 33.2 Å². The Morgan fingerprint density at radius 2 is 1.88 bits per heavy atom. The minimum Gasteiger partial charge on any atom is -0.352 e. The van der Waals surface area contributed by atoms with Crippen LogP contribution in [-0.4, -0.2) is 12.5 Å². The zero-order chi connectivity index (χ0) is 12.7. The lowest BCUT2D eigenvalue weighted by Crippen LogP contribution is -2.26. The van der Waals surface area contributed by atoms with Crippen molar-refractivity contribution in [2.24, 2.45) is 11.7 Å². The van der Waals surface area contributed by atoms with Crippen LogP contribution < -0.4 is 11.1 Å². The minimum atomic E-state index is 0.0718. The zero-order valence-corrected chi connectivity index (χ0v) is 10.7. The lowest BCUT2D eigenvalue weighted by Gasteiger charge is -2.09. The van der Waals surface area contributed by atoms with Crippen LogP contribution in [0.3, 0.4) is 0 Å². The van der Waals surface area contributed by atoms with Crippen LogP contribution in [0.4, 0.5) is 0 Å². The first-order chi connectivity index (χ1) is 8.15. The number of hydrogen-bond donors (Lipinski definition) is 2. The number of rotatable bonds is 6. The number of hydrogen-bond acceptors (Lipinski definition) is 2. The van der Waals surface area contributed by atoms with Gasteiger partial charge in [-0.25, -0.2) is 0 Å². The van der Waals surface area contributed by atoms with Crippen molar-refractivity contribution in [3.63, 3.8) is 0 Å². The molecule has 1 atom stereocenters. The molecule has 17 heavy (non-hydrogen) atoms. The smallest absolute Gasteiger partial charge is 0.220 e. The number of carbonyl (C=O) groups is 1. The van der Waals surface area contributed by atoms with Gasteiger partial charge in [0.25, 0.3) is 0 Å². The normalized spacial score (nSPS) is 12.2. The Hall–Kier alpha value is -1.35. The molecule has 0 saturated carbocycles. The van der Waals surface area contributed by atoms with E-state index in [1.54, 1.807) is 0 Å². The molecule has 94 valence electrons. The standard InChI is InChI=1S/C14H22N2O/c1-3-12-4-6-13(7-5-12)10-16-14(17)8-11(2)9-15/h4-7,11H,3,8-10,15H2,1-2H3,(H,16,17). The fourth-order valence-corrected chi connectivity index (χ4v) is 1.57. The molecule has 3 heteroatoms. The topological polar surface area (TPSA) is 55.1 Å². The summed E-state index contributed by atoms with van der Waals surface area (Å²) in [6, 6.07) is 8.32. The first kappa shape index (κ1) is 13.7. The minimum absolute atomic E-state index is 0.0718. The van der Waals surface area contributed by atoms with Crippen LogP contribution in [0, 0.1) is 5.92 Å². The van der Waals surface area contributed by atoms with Gasteiger partial charge in [-0.05, 0) is 30.0 Å². The van der Waals surface area contributed by atoms with Gasteiger partial charge in [-0.15, -0.1) is 0 Å².